The van der Waals surface area contributed by atoms with E-state index in [1.54, 1.807) is 16.9 Å². The molecule has 2 aromatic heterocycles. The monoisotopic (exact) mass is 273 g/mol. The van der Waals surface area contributed by atoms with E-state index >= 15 is 0 Å². The van der Waals surface area contributed by atoms with E-state index in [1.807, 2.05) is 6.92 Å². The Labute approximate surface area is 114 Å². The van der Waals surface area contributed by atoms with Gasteiger partial charge in [0.25, 0.3) is 0 Å². The molecule has 0 spiro atoms. The molecule has 1 saturated heterocycles. The third-order valence-corrected chi connectivity index (χ3v) is 2.62. The number of amides is 1. The second-order valence-electron chi connectivity index (χ2n) is 4.32. The third kappa shape index (κ3) is 2.77. The van der Waals surface area contributed by atoms with E-state index in [9.17, 15) is 4.79 Å². The standard InChI is InChI=1S/C12H11N5O3/c1-8-4-10(20-15-8)3-2-9-6-17(16-14-9)7-11-5-13-12(18)19-11/h4,6,11H,5,7H2,1H3,(H,13,18). The Morgan fingerprint density at radius 2 is 2.45 bits per heavy atom. The highest BCUT2D eigenvalue weighted by Crippen LogP contribution is 2.04. The lowest BCUT2D eigenvalue weighted by atomic mass is 10.3. The van der Waals surface area contributed by atoms with Crippen LogP contribution in [0.25, 0.3) is 0 Å². The summed E-state index contributed by atoms with van der Waals surface area (Å²) in [6.07, 6.45) is 1.04. The SMILES string of the molecule is Cc1cc(C#Cc2cn(CC3CNC(=O)O3)nn2)on1. The van der Waals surface area contributed by atoms with Gasteiger partial charge in [0.2, 0.25) is 5.76 Å². The second-order valence-corrected chi connectivity index (χ2v) is 4.32. The average Bonchev–Trinajstić information content (AvgIpc) is 3.11. The number of cyclic esters (lactones) is 1. The molecule has 8 heteroatoms. The predicted molar refractivity (Wildman–Crippen MR) is 65.5 cm³/mol. The van der Waals surface area contributed by atoms with Gasteiger partial charge in [-0.1, -0.05) is 10.4 Å². The number of ether oxygens (including phenoxy) is 1. The Morgan fingerprint density at radius 3 is 3.15 bits per heavy atom. The first kappa shape index (κ1) is 12.2. The maximum Gasteiger partial charge on any atom is 0.407 e. The van der Waals surface area contributed by atoms with Crippen molar-refractivity contribution in [3.05, 3.63) is 29.4 Å². The summed E-state index contributed by atoms with van der Waals surface area (Å²) in [5, 5.41) is 14.1. The van der Waals surface area contributed by atoms with Gasteiger partial charge < -0.3 is 14.6 Å². The number of carbonyl (C=O) groups excluding carboxylic acids is 1. The van der Waals surface area contributed by atoms with E-state index < -0.39 is 6.09 Å². The number of nitrogens with one attached hydrogen (secondary N) is 1. The van der Waals surface area contributed by atoms with Gasteiger partial charge >= 0.3 is 6.09 Å². The second kappa shape index (κ2) is 5.05. The zero-order chi connectivity index (χ0) is 13.9. The smallest absolute Gasteiger partial charge is 0.407 e. The normalized spacial score (nSPS) is 17.2. The number of rotatable bonds is 2. The highest BCUT2D eigenvalue weighted by molar-refractivity contribution is 5.69. The summed E-state index contributed by atoms with van der Waals surface area (Å²) >= 11 is 0. The fourth-order valence-electron chi connectivity index (χ4n) is 1.74. The van der Waals surface area contributed by atoms with Gasteiger partial charge in [-0.2, -0.15) is 0 Å². The molecule has 8 nitrogen and oxygen atoms in total. The molecule has 102 valence electrons. The largest absolute Gasteiger partial charge is 0.442 e. The van der Waals surface area contributed by atoms with Crippen LogP contribution in [0.3, 0.4) is 0 Å². The minimum absolute atomic E-state index is 0.234. The van der Waals surface area contributed by atoms with Crippen LogP contribution in [0.4, 0.5) is 4.79 Å². The highest BCUT2D eigenvalue weighted by Gasteiger charge is 2.23. The van der Waals surface area contributed by atoms with Crippen molar-refractivity contribution in [3.63, 3.8) is 0 Å². The molecule has 2 aromatic rings. The van der Waals surface area contributed by atoms with E-state index in [1.165, 1.54) is 0 Å². The Hall–Kier alpha value is -2.82. The van der Waals surface area contributed by atoms with Gasteiger partial charge in [0.1, 0.15) is 6.10 Å². The number of aromatic nitrogens is 4. The molecular weight excluding hydrogens is 262 g/mol. The van der Waals surface area contributed by atoms with Gasteiger partial charge in [-0.3, -0.25) is 0 Å². The molecule has 1 N–H and O–H groups in total. The predicted octanol–water partition coefficient (Wildman–Crippen LogP) is 0.0827. The molecule has 0 saturated carbocycles. The van der Waals surface area contributed by atoms with Crippen molar-refractivity contribution >= 4 is 6.09 Å². The zero-order valence-electron chi connectivity index (χ0n) is 10.7. The van der Waals surface area contributed by atoms with Gasteiger partial charge in [0.15, 0.2) is 5.69 Å². The van der Waals surface area contributed by atoms with Crippen molar-refractivity contribution in [2.24, 2.45) is 0 Å². The first-order chi connectivity index (χ1) is 9.69. The van der Waals surface area contributed by atoms with E-state index in [-0.39, 0.29) is 6.10 Å². The van der Waals surface area contributed by atoms with Gasteiger partial charge in [0, 0.05) is 6.07 Å². The molecule has 1 amide bonds. The fourth-order valence-corrected chi connectivity index (χ4v) is 1.74. The van der Waals surface area contributed by atoms with Crippen LogP contribution in [0.1, 0.15) is 17.1 Å². The Morgan fingerprint density at radius 1 is 1.55 bits per heavy atom. The van der Waals surface area contributed by atoms with Crippen molar-refractivity contribution < 1.29 is 14.1 Å². The van der Waals surface area contributed by atoms with Crippen molar-refractivity contribution in [3.8, 4) is 11.8 Å². The van der Waals surface area contributed by atoms with Gasteiger partial charge in [-0.25, -0.2) is 9.48 Å². The molecule has 1 aliphatic rings. The van der Waals surface area contributed by atoms with Crippen LogP contribution in [-0.2, 0) is 11.3 Å². The quantitative estimate of drug-likeness (QED) is 0.779. The van der Waals surface area contributed by atoms with Crippen LogP contribution in [0, 0.1) is 18.8 Å². The number of carbonyl (C=O) groups is 1. The molecule has 3 rings (SSSR count). The van der Waals surface area contributed by atoms with Crippen LogP contribution in [0.5, 0.6) is 0 Å². The maximum atomic E-state index is 10.9. The van der Waals surface area contributed by atoms with E-state index in [2.05, 4.69) is 32.6 Å². The molecular formula is C12H11N5O3. The summed E-state index contributed by atoms with van der Waals surface area (Å²) in [5.74, 6) is 6.11. The van der Waals surface area contributed by atoms with Crippen molar-refractivity contribution in [2.45, 2.75) is 19.6 Å². The summed E-state index contributed by atoms with van der Waals surface area (Å²) in [5.41, 5.74) is 1.28. The Balaban J connectivity index is 1.65. The average molecular weight is 273 g/mol. The van der Waals surface area contributed by atoms with Gasteiger partial charge in [-0.05, 0) is 18.8 Å². The molecule has 1 atom stereocenters. The summed E-state index contributed by atoms with van der Waals surface area (Å²) in [6.45, 7) is 2.73. The Kier molecular flexibility index (Phi) is 3.09. The summed E-state index contributed by atoms with van der Waals surface area (Å²) in [7, 11) is 0. The number of aryl methyl sites for hydroxylation is 1. The molecule has 0 bridgehead atoms. The summed E-state index contributed by atoms with van der Waals surface area (Å²) in [6, 6.07) is 1.74. The van der Waals surface area contributed by atoms with Crippen molar-refractivity contribution in [1.29, 1.82) is 0 Å². The molecule has 1 aliphatic heterocycles. The molecule has 0 aliphatic carbocycles. The lowest BCUT2D eigenvalue weighted by Crippen LogP contribution is -2.20. The van der Waals surface area contributed by atoms with Crippen LogP contribution in [-0.4, -0.2) is 38.9 Å². The van der Waals surface area contributed by atoms with E-state index in [0.29, 0.717) is 24.5 Å². The minimum atomic E-state index is -0.407. The lowest BCUT2D eigenvalue weighted by Gasteiger charge is -2.05. The topological polar surface area (TPSA) is 95.1 Å². The third-order valence-electron chi connectivity index (χ3n) is 2.62. The number of hydrogen-bond acceptors (Lipinski definition) is 6. The minimum Gasteiger partial charge on any atom is -0.442 e. The van der Waals surface area contributed by atoms with Gasteiger partial charge in [0.05, 0.1) is 25.0 Å². The van der Waals surface area contributed by atoms with Crippen LogP contribution in [0.15, 0.2) is 16.8 Å². The number of nitrogens with zero attached hydrogens (tertiary/aromatic N) is 4. The summed E-state index contributed by atoms with van der Waals surface area (Å²) < 4.78 is 11.6. The van der Waals surface area contributed by atoms with Crippen LogP contribution < -0.4 is 5.32 Å². The first-order valence-electron chi connectivity index (χ1n) is 5.99. The fraction of sp³-hybridized carbons (Fsp3) is 0.333. The van der Waals surface area contributed by atoms with Crippen LogP contribution >= 0.6 is 0 Å². The maximum absolute atomic E-state index is 10.9. The first-order valence-corrected chi connectivity index (χ1v) is 5.99. The molecule has 3 heterocycles. The molecule has 0 radical (unpaired) electrons. The van der Waals surface area contributed by atoms with Crippen LogP contribution in [0.2, 0.25) is 0 Å². The van der Waals surface area contributed by atoms with Crippen molar-refractivity contribution in [1.82, 2.24) is 25.5 Å². The zero-order valence-corrected chi connectivity index (χ0v) is 10.7. The number of alkyl carbamates (subject to hydrolysis) is 1. The van der Waals surface area contributed by atoms with E-state index in [0.717, 1.165) is 5.69 Å². The van der Waals surface area contributed by atoms with Gasteiger partial charge in [-0.15, -0.1) is 5.10 Å². The molecule has 1 fully saturated rings. The van der Waals surface area contributed by atoms with Crippen molar-refractivity contribution in [2.75, 3.05) is 6.54 Å². The highest BCUT2D eigenvalue weighted by atomic mass is 16.6. The summed E-state index contributed by atoms with van der Waals surface area (Å²) in [4.78, 5) is 10.9. The molecule has 20 heavy (non-hydrogen) atoms. The Bertz CT molecular complexity index is 693. The van der Waals surface area contributed by atoms with E-state index in [4.69, 9.17) is 9.26 Å². The lowest BCUT2D eigenvalue weighted by molar-refractivity contribution is 0.128. The molecule has 1 unspecified atom stereocenters. The number of hydrogen-bond donors (Lipinski definition) is 1. The molecule has 0 aromatic carbocycles.